The first kappa shape index (κ1) is 22.8. The Labute approximate surface area is 200 Å². The number of aryl methyl sites for hydroxylation is 1. The van der Waals surface area contributed by atoms with Gasteiger partial charge in [0.05, 0.1) is 22.0 Å². The number of hydrogen-bond donors (Lipinski definition) is 2. The van der Waals surface area contributed by atoms with Crippen molar-refractivity contribution in [2.75, 3.05) is 5.32 Å². The highest BCUT2D eigenvalue weighted by atomic mass is 35.5. The molecule has 9 heteroatoms. The molecule has 33 heavy (non-hydrogen) atoms. The number of benzene rings is 3. The van der Waals surface area contributed by atoms with Crippen LogP contribution in [0, 0.1) is 5.82 Å². The number of carbonyl (C=O) groups excluding carboxylic acids is 1. The Balaban J connectivity index is 1.50. The Morgan fingerprint density at radius 2 is 1.79 bits per heavy atom. The molecular weight excluding hydrogens is 461 g/mol. The standard InChI is InChI=1S/C24H21ClFN5OS/c1-2-3-6-15-9-11-16(12-10-15)31-29-21-13-18(25)20(14-22(21)30-31)27-24(33)28-23(32)17-7-4-5-8-19(17)26/h4-5,7-14H,2-3,6H2,1H3,(H2,27,28,32,33). The van der Waals surface area contributed by atoms with Crippen LogP contribution in [0.25, 0.3) is 16.7 Å². The SMILES string of the molecule is CCCCc1ccc(-n2nc3cc(Cl)c(NC(=S)NC(=O)c4ccccc4F)cc3n2)cc1. The van der Waals surface area contributed by atoms with E-state index in [4.69, 9.17) is 23.8 Å². The van der Waals surface area contributed by atoms with Gasteiger partial charge in [0.1, 0.15) is 16.9 Å². The molecule has 1 heterocycles. The number of rotatable bonds is 6. The zero-order valence-electron chi connectivity index (χ0n) is 17.8. The molecule has 3 aromatic carbocycles. The quantitative estimate of drug-likeness (QED) is 0.346. The molecule has 4 rings (SSSR count). The molecule has 0 saturated carbocycles. The summed E-state index contributed by atoms with van der Waals surface area (Å²) in [5.74, 6) is -1.29. The molecule has 168 valence electrons. The van der Waals surface area contributed by atoms with Crippen molar-refractivity contribution in [2.45, 2.75) is 26.2 Å². The molecule has 1 amide bonds. The summed E-state index contributed by atoms with van der Waals surface area (Å²) in [6.07, 6.45) is 3.35. The van der Waals surface area contributed by atoms with E-state index in [1.54, 1.807) is 23.0 Å². The third-order valence-corrected chi connectivity index (χ3v) is 5.57. The van der Waals surface area contributed by atoms with Gasteiger partial charge in [-0.2, -0.15) is 4.80 Å². The van der Waals surface area contributed by atoms with E-state index in [2.05, 4.69) is 39.9 Å². The minimum absolute atomic E-state index is 0.0143. The predicted octanol–water partition coefficient (Wildman–Crippen LogP) is 5.68. The van der Waals surface area contributed by atoms with E-state index in [0.717, 1.165) is 24.9 Å². The van der Waals surface area contributed by atoms with Crippen LogP contribution in [0.1, 0.15) is 35.7 Å². The van der Waals surface area contributed by atoms with Crippen molar-refractivity contribution in [2.24, 2.45) is 0 Å². The number of carbonyl (C=O) groups is 1. The summed E-state index contributed by atoms with van der Waals surface area (Å²) in [5.41, 5.74) is 3.67. The average molecular weight is 482 g/mol. The zero-order chi connectivity index (χ0) is 23.4. The fraction of sp³-hybridized carbons (Fsp3) is 0.167. The normalized spacial score (nSPS) is 10.9. The molecule has 0 saturated heterocycles. The monoisotopic (exact) mass is 481 g/mol. The molecule has 0 aliphatic carbocycles. The van der Waals surface area contributed by atoms with Crippen molar-refractivity contribution in [1.29, 1.82) is 0 Å². The summed E-state index contributed by atoms with van der Waals surface area (Å²) in [6.45, 7) is 2.17. The number of aromatic nitrogens is 3. The molecule has 0 atom stereocenters. The van der Waals surface area contributed by atoms with Gasteiger partial charge in [-0.15, -0.1) is 10.2 Å². The summed E-state index contributed by atoms with van der Waals surface area (Å²) in [4.78, 5) is 13.8. The van der Waals surface area contributed by atoms with Crippen LogP contribution in [-0.2, 0) is 6.42 Å². The molecule has 4 aromatic rings. The lowest BCUT2D eigenvalue weighted by Gasteiger charge is -2.11. The molecule has 6 nitrogen and oxygen atoms in total. The topological polar surface area (TPSA) is 71.8 Å². The van der Waals surface area contributed by atoms with E-state index >= 15 is 0 Å². The van der Waals surface area contributed by atoms with E-state index in [1.807, 2.05) is 12.1 Å². The molecule has 0 spiro atoms. The number of unbranched alkanes of at least 4 members (excludes halogenated alkanes) is 1. The third-order valence-electron chi connectivity index (χ3n) is 5.05. The van der Waals surface area contributed by atoms with Crippen molar-refractivity contribution in [3.63, 3.8) is 0 Å². The lowest BCUT2D eigenvalue weighted by Crippen LogP contribution is -2.34. The predicted molar refractivity (Wildman–Crippen MR) is 133 cm³/mol. The average Bonchev–Trinajstić information content (AvgIpc) is 3.21. The number of halogens is 2. The van der Waals surface area contributed by atoms with Gasteiger partial charge in [0, 0.05) is 0 Å². The van der Waals surface area contributed by atoms with Crippen LogP contribution < -0.4 is 10.6 Å². The Hall–Kier alpha value is -3.36. The third kappa shape index (κ3) is 5.35. The van der Waals surface area contributed by atoms with Crippen LogP contribution in [-0.4, -0.2) is 26.0 Å². The molecule has 1 aromatic heterocycles. The van der Waals surface area contributed by atoms with Gasteiger partial charge in [0.2, 0.25) is 0 Å². The minimum atomic E-state index is -0.656. The second-order valence-corrected chi connectivity index (χ2v) is 8.28. The molecule has 0 aliphatic heterocycles. The van der Waals surface area contributed by atoms with E-state index in [9.17, 15) is 9.18 Å². The fourth-order valence-electron chi connectivity index (χ4n) is 3.30. The number of nitrogens with one attached hydrogen (secondary N) is 2. The Bertz CT molecular complexity index is 1320. The van der Waals surface area contributed by atoms with Gasteiger partial charge in [0.15, 0.2) is 5.11 Å². The van der Waals surface area contributed by atoms with Crippen molar-refractivity contribution < 1.29 is 9.18 Å². The maximum absolute atomic E-state index is 13.8. The fourth-order valence-corrected chi connectivity index (χ4v) is 3.70. The summed E-state index contributed by atoms with van der Waals surface area (Å²) in [5, 5.41) is 14.7. The summed E-state index contributed by atoms with van der Waals surface area (Å²) < 4.78 is 13.8. The van der Waals surface area contributed by atoms with E-state index in [-0.39, 0.29) is 10.7 Å². The number of amides is 1. The lowest BCUT2D eigenvalue weighted by molar-refractivity contribution is 0.0974. The highest BCUT2D eigenvalue weighted by molar-refractivity contribution is 7.80. The van der Waals surface area contributed by atoms with Crippen molar-refractivity contribution >= 4 is 51.6 Å². The number of hydrogen-bond acceptors (Lipinski definition) is 4. The zero-order valence-corrected chi connectivity index (χ0v) is 19.4. The summed E-state index contributed by atoms with van der Waals surface area (Å²) in [6, 6.07) is 17.1. The number of fused-ring (bicyclic) bond motifs is 1. The van der Waals surface area contributed by atoms with E-state index in [1.165, 1.54) is 23.8 Å². The van der Waals surface area contributed by atoms with E-state index in [0.29, 0.717) is 21.7 Å². The van der Waals surface area contributed by atoms with Crippen molar-refractivity contribution in [3.8, 4) is 5.69 Å². The molecular formula is C24H21ClFN5OS. The second-order valence-electron chi connectivity index (χ2n) is 7.47. The molecule has 0 radical (unpaired) electrons. The smallest absolute Gasteiger partial charge is 0.260 e. The Morgan fingerprint density at radius 3 is 2.48 bits per heavy atom. The van der Waals surface area contributed by atoms with Crippen LogP contribution in [0.15, 0.2) is 60.7 Å². The highest BCUT2D eigenvalue weighted by Crippen LogP contribution is 2.27. The van der Waals surface area contributed by atoms with Crippen LogP contribution in [0.4, 0.5) is 10.1 Å². The number of anilines is 1. The van der Waals surface area contributed by atoms with Crippen LogP contribution in [0.3, 0.4) is 0 Å². The first-order valence-electron chi connectivity index (χ1n) is 10.5. The highest BCUT2D eigenvalue weighted by Gasteiger charge is 2.14. The maximum Gasteiger partial charge on any atom is 0.260 e. The summed E-state index contributed by atoms with van der Waals surface area (Å²) >= 11 is 11.6. The number of thiocarbonyl (C=S) groups is 1. The van der Waals surface area contributed by atoms with E-state index < -0.39 is 11.7 Å². The van der Waals surface area contributed by atoms with Crippen molar-refractivity contribution in [3.05, 3.63) is 82.6 Å². The van der Waals surface area contributed by atoms with Crippen LogP contribution in [0.5, 0.6) is 0 Å². The molecule has 0 aliphatic rings. The van der Waals surface area contributed by atoms with Gasteiger partial charge in [-0.25, -0.2) is 4.39 Å². The van der Waals surface area contributed by atoms with Gasteiger partial charge in [-0.05, 0) is 67.0 Å². The first-order valence-corrected chi connectivity index (χ1v) is 11.3. The van der Waals surface area contributed by atoms with Gasteiger partial charge in [-0.1, -0.05) is 49.2 Å². The Kier molecular flexibility index (Phi) is 6.96. The van der Waals surface area contributed by atoms with Gasteiger partial charge < -0.3 is 5.32 Å². The first-order chi connectivity index (χ1) is 15.9. The Morgan fingerprint density at radius 1 is 1.09 bits per heavy atom. The van der Waals surface area contributed by atoms with Crippen LogP contribution >= 0.6 is 23.8 Å². The van der Waals surface area contributed by atoms with Gasteiger partial charge >= 0.3 is 0 Å². The second kappa shape index (κ2) is 10.1. The minimum Gasteiger partial charge on any atom is -0.331 e. The lowest BCUT2D eigenvalue weighted by atomic mass is 10.1. The molecule has 0 fully saturated rings. The summed E-state index contributed by atoms with van der Waals surface area (Å²) in [7, 11) is 0. The largest absolute Gasteiger partial charge is 0.331 e. The van der Waals surface area contributed by atoms with Crippen molar-refractivity contribution in [1.82, 2.24) is 20.3 Å². The van der Waals surface area contributed by atoms with Gasteiger partial charge in [-0.3, -0.25) is 10.1 Å². The van der Waals surface area contributed by atoms with Gasteiger partial charge in [0.25, 0.3) is 5.91 Å². The molecule has 0 unspecified atom stereocenters. The molecule has 2 N–H and O–H groups in total. The number of nitrogens with zero attached hydrogens (tertiary/aromatic N) is 3. The maximum atomic E-state index is 13.8. The molecule has 0 bridgehead atoms. The van der Waals surface area contributed by atoms with Crippen LogP contribution in [0.2, 0.25) is 5.02 Å².